The van der Waals surface area contributed by atoms with E-state index in [0.29, 0.717) is 23.7 Å². The molecule has 2 aromatic rings. The van der Waals surface area contributed by atoms with Gasteiger partial charge in [0.05, 0.1) is 5.56 Å². The van der Waals surface area contributed by atoms with Crippen LogP contribution >= 0.6 is 0 Å². The van der Waals surface area contributed by atoms with Crippen molar-refractivity contribution in [1.29, 1.82) is 0 Å². The number of fused-ring (bicyclic) bond motifs is 1. The van der Waals surface area contributed by atoms with Gasteiger partial charge in [-0.15, -0.1) is 0 Å². The Labute approximate surface area is 124 Å². The maximum Gasteiger partial charge on any atom is 0.253 e. The second-order valence-electron chi connectivity index (χ2n) is 5.56. The van der Waals surface area contributed by atoms with E-state index in [2.05, 4.69) is 5.32 Å². The van der Waals surface area contributed by atoms with Crippen LogP contribution in [0.2, 0.25) is 0 Å². The lowest BCUT2D eigenvalue weighted by Gasteiger charge is -2.11. The van der Waals surface area contributed by atoms with E-state index >= 15 is 0 Å². The van der Waals surface area contributed by atoms with Crippen molar-refractivity contribution in [1.82, 2.24) is 5.32 Å². The van der Waals surface area contributed by atoms with Crippen LogP contribution in [-0.2, 0) is 4.74 Å². The van der Waals surface area contributed by atoms with Crippen LogP contribution in [0.5, 0.6) is 0 Å². The smallest absolute Gasteiger partial charge is 0.253 e. The molecule has 1 unspecified atom stereocenters. The molecule has 1 amide bonds. The summed E-state index contributed by atoms with van der Waals surface area (Å²) in [4.78, 5) is 12.3. The molecular formula is C17H20N2O2. The Morgan fingerprint density at radius 2 is 2.05 bits per heavy atom. The van der Waals surface area contributed by atoms with Gasteiger partial charge in [0.25, 0.3) is 5.91 Å². The van der Waals surface area contributed by atoms with E-state index in [4.69, 9.17) is 10.5 Å². The van der Waals surface area contributed by atoms with E-state index < -0.39 is 0 Å². The van der Waals surface area contributed by atoms with E-state index in [9.17, 15) is 4.79 Å². The third kappa shape index (κ3) is 3.16. The molecule has 1 aliphatic heterocycles. The number of hydrogen-bond donors (Lipinski definition) is 2. The molecule has 2 aromatic carbocycles. The lowest BCUT2D eigenvalue weighted by molar-refractivity contribution is 0.0951. The average Bonchev–Trinajstić information content (AvgIpc) is 2.99. The number of amides is 1. The molecule has 1 saturated heterocycles. The molecule has 0 spiro atoms. The molecule has 1 fully saturated rings. The Morgan fingerprint density at radius 3 is 2.76 bits per heavy atom. The van der Waals surface area contributed by atoms with Crippen LogP contribution in [0.4, 0.5) is 5.69 Å². The highest BCUT2D eigenvalue weighted by Gasteiger charge is 2.16. The van der Waals surface area contributed by atoms with Crippen LogP contribution in [0.15, 0.2) is 36.4 Å². The molecule has 3 rings (SSSR count). The molecule has 0 bridgehead atoms. The van der Waals surface area contributed by atoms with Crippen molar-refractivity contribution in [3.63, 3.8) is 0 Å². The zero-order chi connectivity index (χ0) is 14.7. The van der Waals surface area contributed by atoms with E-state index in [0.717, 1.165) is 36.8 Å². The van der Waals surface area contributed by atoms with Gasteiger partial charge in [0, 0.05) is 25.4 Å². The highest BCUT2D eigenvalue weighted by Crippen LogP contribution is 2.22. The largest absolute Gasteiger partial charge is 0.398 e. The molecular weight excluding hydrogens is 264 g/mol. The van der Waals surface area contributed by atoms with E-state index in [1.807, 2.05) is 36.4 Å². The highest BCUT2D eigenvalue weighted by molar-refractivity contribution is 6.03. The Hall–Kier alpha value is -2.07. The average molecular weight is 284 g/mol. The third-order valence-corrected chi connectivity index (χ3v) is 4.02. The topological polar surface area (TPSA) is 64.4 Å². The summed E-state index contributed by atoms with van der Waals surface area (Å²) in [5.41, 5.74) is 7.08. The molecule has 0 radical (unpaired) electrons. The summed E-state index contributed by atoms with van der Waals surface area (Å²) in [6, 6.07) is 11.6. The molecule has 3 N–H and O–H groups in total. The number of anilines is 1. The number of carbonyl (C=O) groups excluding carboxylic acids is 1. The fourth-order valence-electron chi connectivity index (χ4n) is 2.75. The van der Waals surface area contributed by atoms with Crippen LogP contribution < -0.4 is 11.1 Å². The predicted octanol–water partition coefficient (Wildman–Crippen LogP) is 2.58. The molecule has 1 atom stereocenters. The standard InChI is InChI=1S/C17H20N2O2/c18-16-10-14-4-2-1-3-13(14)9-15(16)17(20)19-7-5-12-6-8-21-11-12/h1-4,9-10,12H,5-8,11,18H2,(H,19,20). The van der Waals surface area contributed by atoms with Crippen LogP contribution in [0, 0.1) is 5.92 Å². The summed E-state index contributed by atoms with van der Waals surface area (Å²) in [7, 11) is 0. The normalized spacial score (nSPS) is 18.0. The van der Waals surface area contributed by atoms with Crippen molar-refractivity contribution in [3.8, 4) is 0 Å². The first-order valence-electron chi connectivity index (χ1n) is 7.38. The van der Waals surface area contributed by atoms with Crippen molar-refractivity contribution in [2.24, 2.45) is 5.92 Å². The summed E-state index contributed by atoms with van der Waals surface area (Å²) in [5, 5.41) is 5.04. The maximum atomic E-state index is 12.3. The van der Waals surface area contributed by atoms with E-state index in [1.165, 1.54) is 0 Å². The Bertz CT molecular complexity index is 648. The monoisotopic (exact) mass is 284 g/mol. The summed E-state index contributed by atoms with van der Waals surface area (Å²) in [5.74, 6) is 0.469. The van der Waals surface area contributed by atoms with Crippen molar-refractivity contribution in [3.05, 3.63) is 42.0 Å². The van der Waals surface area contributed by atoms with Gasteiger partial charge in [-0.3, -0.25) is 4.79 Å². The molecule has 4 heteroatoms. The molecule has 4 nitrogen and oxygen atoms in total. The number of nitrogen functional groups attached to an aromatic ring is 1. The second kappa shape index (κ2) is 6.14. The van der Waals surface area contributed by atoms with Crippen LogP contribution in [0.1, 0.15) is 23.2 Å². The second-order valence-corrected chi connectivity index (χ2v) is 5.56. The lowest BCUT2D eigenvalue weighted by atomic mass is 10.0. The lowest BCUT2D eigenvalue weighted by Crippen LogP contribution is -2.26. The summed E-state index contributed by atoms with van der Waals surface area (Å²) in [6.45, 7) is 2.32. The Morgan fingerprint density at radius 1 is 1.29 bits per heavy atom. The molecule has 1 aliphatic rings. The minimum Gasteiger partial charge on any atom is -0.398 e. The van der Waals surface area contributed by atoms with Gasteiger partial charge in [-0.1, -0.05) is 24.3 Å². The Balaban J connectivity index is 1.67. The van der Waals surface area contributed by atoms with Gasteiger partial charge < -0.3 is 15.8 Å². The van der Waals surface area contributed by atoms with Gasteiger partial charge in [0.1, 0.15) is 0 Å². The van der Waals surface area contributed by atoms with Crippen molar-refractivity contribution in [2.75, 3.05) is 25.5 Å². The zero-order valence-electron chi connectivity index (χ0n) is 12.0. The molecule has 0 aromatic heterocycles. The summed E-state index contributed by atoms with van der Waals surface area (Å²) in [6.07, 6.45) is 2.05. The van der Waals surface area contributed by atoms with Crippen molar-refractivity contribution in [2.45, 2.75) is 12.8 Å². The molecule has 1 heterocycles. The van der Waals surface area contributed by atoms with Crippen LogP contribution in [0.25, 0.3) is 10.8 Å². The van der Waals surface area contributed by atoms with Gasteiger partial charge in [-0.25, -0.2) is 0 Å². The number of rotatable bonds is 4. The first-order chi connectivity index (χ1) is 10.2. The first kappa shape index (κ1) is 13.9. The fraction of sp³-hybridized carbons (Fsp3) is 0.353. The van der Waals surface area contributed by atoms with Gasteiger partial charge >= 0.3 is 0 Å². The molecule has 21 heavy (non-hydrogen) atoms. The number of nitrogens with two attached hydrogens (primary N) is 1. The van der Waals surface area contributed by atoms with E-state index in [-0.39, 0.29) is 5.91 Å². The number of nitrogens with one attached hydrogen (secondary N) is 1. The molecule has 110 valence electrons. The summed E-state index contributed by atoms with van der Waals surface area (Å²) >= 11 is 0. The van der Waals surface area contributed by atoms with Gasteiger partial charge in [-0.05, 0) is 41.7 Å². The minimum absolute atomic E-state index is 0.0998. The number of hydrogen-bond acceptors (Lipinski definition) is 3. The number of carbonyl (C=O) groups is 1. The van der Waals surface area contributed by atoms with Crippen molar-refractivity contribution < 1.29 is 9.53 Å². The maximum absolute atomic E-state index is 12.3. The minimum atomic E-state index is -0.0998. The first-order valence-corrected chi connectivity index (χ1v) is 7.38. The van der Waals surface area contributed by atoms with Crippen LogP contribution in [0.3, 0.4) is 0 Å². The molecule has 0 aliphatic carbocycles. The quantitative estimate of drug-likeness (QED) is 0.848. The highest BCUT2D eigenvalue weighted by atomic mass is 16.5. The predicted molar refractivity (Wildman–Crippen MR) is 84.2 cm³/mol. The fourth-order valence-corrected chi connectivity index (χ4v) is 2.75. The van der Waals surface area contributed by atoms with Gasteiger partial charge in [0.15, 0.2) is 0 Å². The van der Waals surface area contributed by atoms with Crippen LogP contribution in [-0.4, -0.2) is 25.7 Å². The van der Waals surface area contributed by atoms with Gasteiger partial charge in [0.2, 0.25) is 0 Å². The summed E-state index contributed by atoms with van der Waals surface area (Å²) < 4.78 is 5.33. The Kier molecular flexibility index (Phi) is 4.06. The number of ether oxygens (including phenoxy) is 1. The molecule has 0 saturated carbocycles. The SMILES string of the molecule is Nc1cc2ccccc2cc1C(=O)NCCC1CCOC1. The van der Waals surface area contributed by atoms with E-state index in [1.54, 1.807) is 0 Å². The van der Waals surface area contributed by atoms with Crippen molar-refractivity contribution >= 4 is 22.4 Å². The third-order valence-electron chi connectivity index (χ3n) is 4.02. The zero-order valence-corrected chi connectivity index (χ0v) is 12.0. The number of benzene rings is 2. The van der Waals surface area contributed by atoms with Gasteiger partial charge in [-0.2, -0.15) is 0 Å².